The van der Waals surface area contributed by atoms with Crippen molar-refractivity contribution < 1.29 is 14.7 Å². The van der Waals surface area contributed by atoms with Gasteiger partial charge in [-0.05, 0) is 61.7 Å². The lowest BCUT2D eigenvalue weighted by molar-refractivity contribution is -0.305. The number of nitrogens with zero attached hydrogens (tertiary/aromatic N) is 1. The highest BCUT2D eigenvalue weighted by Gasteiger charge is 2.07. The molecule has 128 valence electrons. The first-order chi connectivity index (χ1) is 12.0. The van der Waals surface area contributed by atoms with Crippen molar-refractivity contribution in [3.63, 3.8) is 0 Å². The summed E-state index contributed by atoms with van der Waals surface area (Å²) in [6, 6.07) is 13.7. The van der Waals surface area contributed by atoms with Crippen molar-refractivity contribution in [3.05, 3.63) is 48.0 Å². The zero-order chi connectivity index (χ0) is 17.8. The van der Waals surface area contributed by atoms with Crippen molar-refractivity contribution in [2.45, 2.75) is 26.2 Å². The number of amides is 1. The van der Waals surface area contributed by atoms with E-state index in [1.165, 1.54) is 5.56 Å². The number of carboxylic acid groups (broad SMARTS) is 1. The number of carboxylic acids is 1. The third kappa shape index (κ3) is 4.42. The molecule has 0 atom stereocenters. The fraction of sp³-hybridized carbons (Fsp3) is 0.211. The number of aromatic nitrogens is 1. The molecule has 2 aromatic carbocycles. The average Bonchev–Trinajstić information content (AvgIpc) is 2.98. The van der Waals surface area contributed by atoms with E-state index < -0.39 is 5.97 Å². The third-order valence-corrected chi connectivity index (χ3v) is 4.81. The van der Waals surface area contributed by atoms with E-state index in [0.29, 0.717) is 5.69 Å². The van der Waals surface area contributed by atoms with Gasteiger partial charge in [0.05, 0.1) is 10.2 Å². The van der Waals surface area contributed by atoms with Gasteiger partial charge in [0.25, 0.3) is 0 Å². The highest BCUT2D eigenvalue weighted by Crippen LogP contribution is 2.31. The second kappa shape index (κ2) is 7.44. The maximum atomic E-state index is 11.8. The lowest BCUT2D eigenvalue weighted by atomic mass is 10.2. The van der Waals surface area contributed by atoms with Gasteiger partial charge in [0.15, 0.2) is 0 Å². The Balaban J connectivity index is 1.66. The second-order valence-corrected chi connectivity index (χ2v) is 6.87. The molecule has 1 N–H and O–H groups in total. The van der Waals surface area contributed by atoms with Crippen LogP contribution in [-0.2, 0) is 9.59 Å². The van der Waals surface area contributed by atoms with Crippen LogP contribution in [0.15, 0.2) is 42.5 Å². The number of benzene rings is 2. The van der Waals surface area contributed by atoms with Gasteiger partial charge in [-0.3, -0.25) is 4.79 Å². The van der Waals surface area contributed by atoms with Crippen LogP contribution < -0.4 is 10.4 Å². The van der Waals surface area contributed by atoms with Crippen molar-refractivity contribution in [1.29, 1.82) is 0 Å². The molecule has 25 heavy (non-hydrogen) atoms. The Morgan fingerprint density at radius 3 is 2.60 bits per heavy atom. The smallest absolute Gasteiger partial charge is 0.224 e. The minimum atomic E-state index is -1.14. The zero-order valence-electron chi connectivity index (χ0n) is 13.7. The minimum absolute atomic E-state index is 0.108. The molecule has 1 aromatic heterocycles. The van der Waals surface area contributed by atoms with Crippen molar-refractivity contribution in [1.82, 2.24) is 4.98 Å². The summed E-state index contributed by atoms with van der Waals surface area (Å²) in [5, 5.41) is 14.0. The maximum Gasteiger partial charge on any atom is 0.224 e. The van der Waals surface area contributed by atoms with E-state index in [4.69, 9.17) is 0 Å². The lowest BCUT2D eigenvalue weighted by Crippen LogP contribution is -2.22. The first-order valence-electron chi connectivity index (χ1n) is 7.98. The number of thiazole rings is 1. The Kier molecular flexibility index (Phi) is 5.09. The number of hydrogen-bond donors (Lipinski definition) is 1. The van der Waals surface area contributed by atoms with E-state index in [-0.39, 0.29) is 25.2 Å². The van der Waals surface area contributed by atoms with Crippen LogP contribution >= 0.6 is 11.3 Å². The summed E-state index contributed by atoms with van der Waals surface area (Å²) in [5.74, 6) is -1.34. The van der Waals surface area contributed by atoms with Gasteiger partial charge >= 0.3 is 0 Å². The molecular formula is C19H17N2O3S-. The standard InChI is InChI=1S/C19H18N2O3S/c1-12-5-10-15-16(11-12)25-19(21-15)13-6-8-14(9-7-13)20-17(22)3-2-4-18(23)24/h5-11H,2-4H2,1H3,(H,20,22)(H,23,24)/p-1. The number of carbonyl (C=O) groups excluding carboxylic acids is 2. The first kappa shape index (κ1) is 17.1. The van der Waals surface area contributed by atoms with Crippen LogP contribution in [0, 0.1) is 6.92 Å². The molecule has 0 aliphatic rings. The summed E-state index contributed by atoms with van der Waals surface area (Å²) in [6.45, 7) is 2.06. The highest BCUT2D eigenvalue weighted by atomic mass is 32.1. The largest absolute Gasteiger partial charge is 0.550 e. The molecule has 3 aromatic rings. The molecule has 0 aliphatic carbocycles. The van der Waals surface area contributed by atoms with Gasteiger partial charge in [-0.25, -0.2) is 4.98 Å². The molecule has 5 nitrogen and oxygen atoms in total. The van der Waals surface area contributed by atoms with Gasteiger partial charge in [-0.1, -0.05) is 6.07 Å². The number of nitrogens with one attached hydrogen (secondary N) is 1. The maximum absolute atomic E-state index is 11.8. The van der Waals surface area contributed by atoms with Crippen molar-refractivity contribution in [2.75, 3.05) is 5.32 Å². The molecule has 0 saturated heterocycles. The van der Waals surface area contributed by atoms with Crippen molar-refractivity contribution in [2.24, 2.45) is 0 Å². The van der Waals surface area contributed by atoms with Gasteiger partial charge in [-0.2, -0.15) is 0 Å². The summed E-state index contributed by atoms with van der Waals surface area (Å²) < 4.78 is 1.15. The number of aliphatic carboxylic acids is 1. The van der Waals surface area contributed by atoms with Crippen LogP contribution in [0.3, 0.4) is 0 Å². The highest BCUT2D eigenvalue weighted by molar-refractivity contribution is 7.21. The van der Waals surface area contributed by atoms with Gasteiger partial charge in [0.2, 0.25) is 5.91 Å². The van der Waals surface area contributed by atoms with Crippen LogP contribution in [0.2, 0.25) is 0 Å². The van der Waals surface area contributed by atoms with E-state index in [1.807, 2.05) is 36.4 Å². The SMILES string of the molecule is Cc1ccc2nc(-c3ccc(NC(=O)CCCC(=O)[O-])cc3)sc2c1. The molecule has 3 rings (SSSR count). The van der Waals surface area contributed by atoms with Gasteiger partial charge in [-0.15, -0.1) is 11.3 Å². The fourth-order valence-corrected chi connectivity index (χ4v) is 3.54. The molecular weight excluding hydrogens is 336 g/mol. The lowest BCUT2D eigenvalue weighted by Gasteiger charge is -2.06. The summed E-state index contributed by atoms with van der Waals surface area (Å²) in [7, 11) is 0. The molecule has 0 aliphatic heterocycles. The predicted octanol–water partition coefficient (Wildman–Crippen LogP) is 3.13. The summed E-state index contributed by atoms with van der Waals surface area (Å²) >= 11 is 1.64. The molecule has 0 bridgehead atoms. The normalized spacial score (nSPS) is 10.8. The molecule has 0 fully saturated rings. The quantitative estimate of drug-likeness (QED) is 0.738. The molecule has 0 spiro atoms. The third-order valence-electron chi connectivity index (χ3n) is 3.74. The molecule has 6 heteroatoms. The van der Waals surface area contributed by atoms with E-state index >= 15 is 0 Å². The predicted molar refractivity (Wildman–Crippen MR) is 97.3 cm³/mol. The molecule has 1 amide bonds. The molecule has 0 saturated carbocycles. The van der Waals surface area contributed by atoms with E-state index in [9.17, 15) is 14.7 Å². The molecule has 1 heterocycles. The Morgan fingerprint density at radius 2 is 1.88 bits per heavy atom. The van der Waals surface area contributed by atoms with Gasteiger partial charge in [0.1, 0.15) is 5.01 Å². The topological polar surface area (TPSA) is 82.1 Å². The van der Waals surface area contributed by atoms with Crippen LogP contribution in [0.25, 0.3) is 20.8 Å². The second-order valence-electron chi connectivity index (χ2n) is 5.84. The summed E-state index contributed by atoms with van der Waals surface area (Å²) in [5.41, 5.74) is 3.86. The fourth-order valence-electron chi connectivity index (χ4n) is 2.47. The molecule has 0 radical (unpaired) electrons. The summed E-state index contributed by atoms with van der Waals surface area (Å²) in [6.07, 6.45) is 0.327. The van der Waals surface area contributed by atoms with E-state index in [2.05, 4.69) is 23.3 Å². The number of hydrogen-bond acceptors (Lipinski definition) is 5. The first-order valence-corrected chi connectivity index (χ1v) is 8.80. The number of anilines is 1. The number of aryl methyl sites for hydroxylation is 1. The Morgan fingerprint density at radius 1 is 1.12 bits per heavy atom. The minimum Gasteiger partial charge on any atom is -0.550 e. The van der Waals surface area contributed by atoms with Crippen LogP contribution in [0.5, 0.6) is 0 Å². The Bertz CT molecular complexity index is 916. The Hall–Kier alpha value is -2.73. The van der Waals surface area contributed by atoms with Crippen molar-refractivity contribution in [3.8, 4) is 10.6 Å². The van der Waals surface area contributed by atoms with Crippen molar-refractivity contribution >= 4 is 39.1 Å². The monoisotopic (exact) mass is 353 g/mol. The number of carbonyl (C=O) groups is 2. The number of fused-ring (bicyclic) bond motifs is 1. The summed E-state index contributed by atoms with van der Waals surface area (Å²) in [4.78, 5) is 26.8. The zero-order valence-corrected chi connectivity index (χ0v) is 14.6. The van der Waals surface area contributed by atoms with E-state index in [0.717, 1.165) is 20.8 Å². The average molecular weight is 353 g/mol. The molecule has 0 unspecified atom stereocenters. The van der Waals surface area contributed by atoms with Gasteiger partial charge in [0, 0.05) is 23.6 Å². The Labute approximate surface area is 149 Å². The van der Waals surface area contributed by atoms with E-state index in [1.54, 1.807) is 11.3 Å². The number of rotatable bonds is 6. The van der Waals surface area contributed by atoms with Gasteiger partial charge < -0.3 is 15.2 Å². The van der Waals surface area contributed by atoms with Crippen LogP contribution in [0.4, 0.5) is 5.69 Å². The van der Waals surface area contributed by atoms with Crippen LogP contribution in [-0.4, -0.2) is 16.9 Å². The van der Waals surface area contributed by atoms with Crippen LogP contribution in [0.1, 0.15) is 24.8 Å².